The maximum Gasteiger partial charge on any atom is 0.233 e. The average molecular weight is 228 g/mol. The van der Waals surface area contributed by atoms with Crippen LogP contribution in [0.15, 0.2) is 0 Å². The molecule has 1 amide bonds. The molecule has 0 saturated heterocycles. The van der Waals surface area contributed by atoms with Gasteiger partial charge in [-0.1, -0.05) is 46.5 Å². The molecular weight excluding hydrogens is 200 g/mol. The summed E-state index contributed by atoms with van der Waals surface area (Å²) in [5, 5.41) is 5.93. The molecule has 0 spiro atoms. The summed E-state index contributed by atoms with van der Waals surface area (Å²) >= 11 is 0. The van der Waals surface area contributed by atoms with Crippen molar-refractivity contribution in [2.75, 3.05) is 19.6 Å². The molecule has 3 heteroatoms. The Balaban J connectivity index is 3.11. The molecule has 0 aliphatic carbocycles. The summed E-state index contributed by atoms with van der Waals surface area (Å²) in [4.78, 5) is 11.2. The van der Waals surface area contributed by atoms with Gasteiger partial charge in [-0.3, -0.25) is 4.79 Å². The zero-order valence-corrected chi connectivity index (χ0v) is 11.1. The molecule has 0 bridgehead atoms. The zero-order chi connectivity index (χ0) is 12.2. The molecule has 0 aliphatic rings. The van der Waals surface area contributed by atoms with Crippen molar-refractivity contribution >= 4 is 5.91 Å². The van der Waals surface area contributed by atoms with Crippen LogP contribution in [0.4, 0.5) is 0 Å². The summed E-state index contributed by atoms with van der Waals surface area (Å²) in [5.74, 6) is 0.934. The van der Waals surface area contributed by atoms with Crippen molar-refractivity contribution in [1.29, 1.82) is 0 Å². The molecule has 3 nitrogen and oxygen atoms in total. The van der Waals surface area contributed by atoms with Gasteiger partial charge >= 0.3 is 0 Å². The minimum Gasteiger partial charge on any atom is -0.355 e. The molecule has 0 atom stereocenters. The monoisotopic (exact) mass is 228 g/mol. The van der Waals surface area contributed by atoms with E-state index in [2.05, 4.69) is 24.5 Å². The van der Waals surface area contributed by atoms with Gasteiger partial charge in [0.2, 0.25) is 5.91 Å². The molecule has 0 saturated carbocycles. The molecule has 0 heterocycles. The number of carbonyl (C=O) groups is 1. The van der Waals surface area contributed by atoms with E-state index in [0.717, 1.165) is 25.4 Å². The summed E-state index contributed by atoms with van der Waals surface area (Å²) in [6, 6.07) is 0. The van der Waals surface area contributed by atoms with Crippen LogP contribution in [0.5, 0.6) is 0 Å². The molecule has 2 N–H and O–H groups in total. The predicted octanol–water partition coefficient (Wildman–Crippen LogP) is 2.32. The van der Waals surface area contributed by atoms with Crippen molar-refractivity contribution in [3.8, 4) is 0 Å². The van der Waals surface area contributed by atoms with Crippen LogP contribution in [0, 0.1) is 5.92 Å². The largest absolute Gasteiger partial charge is 0.355 e. The SMILES string of the molecule is CCNCC(=O)NCCCCCCC(C)C. The van der Waals surface area contributed by atoms with Gasteiger partial charge in [-0.2, -0.15) is 0 Å². The zero-order valence-electron chi connectivity index (χ0n) is 11.1. The fraction of sp³-hybridized carbons (Fsp3) is 0.923. The highest BCUT2D eigenvalue weighted by Gasteiger charge is 1.98. The predicted molar refractivity (Wildman–Crippen MR) is 69.5 cm³/mol. The van der Waals surface area contributed by atoms with Crippen LogP contribution in [0.3, 0.4) is 0 Å². The summed E-state index contributed by atoms with van der Waals surface area (Å²) in [5.41, 5.74) is 0. The number of rotatable bonds is 10. The van der Waals surface area contributed by atoms with Gasteiger partial charge in [0.25, 0.3) is 0 Å². The Kier molecular flexibility index (Phi) is 10.5. The highest BCUT2D eigenvalue weighted by molar-refractivity contribution is 5.77. The van der Waals surface area contributed by atoms with E-state index in [1.54, 1.807) is 0 Å². The Morgan fingerprint density at radius 2 is 1.81 bits per heavy atom. The second-order valence-electron chi connectivity index (χ2n) is 4.73. The van der Waals surface area contributed by atoms with Crippen LogP contribution < -0.4 is 10.6 Å². The number of likely N-dealkylation sites (N-methyl/N-ethyl adjacent to an activating group) is 1. The number of unbranched alkanes of at least 4 members (excludes halogenated alkanes) is 3. The maximum atomic E-state index is 11.2. The fourth-order valence-corrected chi connectivity index (χ4v) is 1.56. The number of hydrogen-bond donors (Lipinski definition) is 2. The molecule has 96 valence electrons. The second kappa shape index (κ2) is 10.9. The molecule has 0 aromatic rings. The quantitative estimate of drug-likeness (QED) is 0.563. The molecule has 0 aromatic heterocycles. The van der Waals surface area contributed by atoms with Crippen molar-refractivity contribution in [2.45, 2.75) is 52.9 Å². The summed E-state index contributed by atoms with van der Waals surface area (Å²) in [6.07, 6.45) is 6.28. The normalized spacial score (nSPS) is 10.8. The molecule has 0 aromatic carbocycles. The average Bonchev–Trinajstić information content (AvgIpc) is 2.24. The van der Waals surface area contributed by atoms with Crippen molar-refractivity contribution in [3.63, 3.8) is 0 Å². The fourth-order valence-electron chi connectivity index (χ4n) is 1.56. The van der Waals surface area contributed by atoms with Crippen LogP contribution in [0.1, 0.15) is 52.9 Å². The maximum absolute atomic E-state index is 11.2. The first-order valence-electron chi connectivity index (χ1n) is 6.64. The lowest BCUT2D eigenvalue weighted by atomic mass is 10.0. The minimum atomic E-state index is 0.115. The first kappa shape index (κ1) is 15.4. The third-order valence-corrected chi connectivity index (χ3v) is 2.57. The molecule has 0 fully saturated rings. The van der Waals surface area contributed by atoms with E-state index in [-0.39, 0.29) is 5.91 Å². The number of carbonyl (C=O) groups excluding carboxylic acids is 1. The summed E-state index contributed by atoms with van der Waals surface area (Å²) in [6.45, 7) is 8.66. The van der Waals surface area contributed by atoms with Crippen LogP contribution in [-0.2, 0) is 4.79 Å². The minimum absolute atomic E-state index is 0.115. The first-order valence-corrected chi connectivity index (χ1v) is 6.64. The Bertz CT molecular complexity index is 169. The van der Waals surface area contributed by atoms with Crippen molar-refractivity contribution in [2.24, 2.45) is 5.92 Å². The molecular formula is C13H28N2O. The number of hydrogen-bond acceptors (Lipinski definition) is 2. The van der Waals surface area contributed by atoms with Gasteiger partial charge in [-0.15, -0.1) is 0 Å². The third-order valence-electron chi connectivity index (χ3n) is 2.57. The highest BCUT2D eigenvalue weighted by Crippen LogP contribution is 2.08. The number of nitrogens with one attached hydrogen (secondary N) is 2. The Hall–Kier alpha value is -0.570. The molecule has 0 aliphatic heterocycles. The van der Waals surface area contributed by atoms with Gasteiger partial charge in [-0.05, 0) is 18.9 Å². The van der Waals surface area contributed by atoms with E-state index in [1.807, 2.05) is 6.92 Å². The van der Waals surface area contributed by atoms with Gasteiger partial charge in [0.05, 0.1) is 6.54 Å². The smallest absolute Gasteiger partial charge is 0.233 e. The van der Waals surface area contributed by atoms with Crippen LogP contribution in [-0.4, -0.2) is 25.5 Å². The van der Waals surface area contributed by atoms with Crippen LogP contribution in [0.2, 0.25) is 0 Å². The van der Waals surface area contributed by atoms with Gasteiger partial charge < -0.3 is 10.6 Å². The van der Waals surface area contributed by atoms with E-state index in [1.165, 1.54) is 25.7 Å². The lowest BCUT2D eigenvalue weighted by molar-refractivity contribution is -0.120. The van der Waals surface area contributed by atoms with E-state index >= 15 is 0 Å². The van der Waals surface area contributed by atoms with E-state index in [4.69, 9.17) is 0 Å². The van der Waals surface area contributed by atoms with Crippen LogP contribution in [0.25, 0.3) is 0 Å². The Morgan fingerprint density at radius 3 is 2.44 bits per heavy atom. The van der Waals surface area contributed by atoms with Crippen LogP contribution >= 0.6 is 0 Å². The van der Waals surface area contributed by atoms with Gasteiger partial charge in [0.15, 0.2) is 0 Å². The van der Waals surface area contributed by atoms with E-state index in [0.29, 0.717) is 6.54 Å². The molecule has 0 radical (unpaired) electrons. The van der Waals surface area contributed by atoms with Gasteiger partial charge in [-0.25, -0.2) is 0 Å². The van der Waals surface area contributed by atoms with Gasteiger partial charge in [0.1, 0.15) is 0 Å². The van der Waals surface area contributed by atoms with Crippen molar-refractivity contribution < 1.29 is 4.79 Å². The molecule has 0 rings (SSSR count). The number of amides is 1. The highest BCUT2D eigenvalue weighted by atomic mass is 16.1. The Morgan fingerprint density at radius 1 is 1.12 bits per heavy atom. The molecule has 0 unspecified atom stereocenters. The lowest BCUT2D eigenvalue weighted by Gasteiger charge is -2.06. The van der Waals surface area contributed by atoms with Crippen molar-refractivity contribution in [3.05, 3.63) is 0 Å². The van der Waals surface area contributed by atoms with E-state index < -0.39 is 0 Å². The third kappa shape index (κ3) is 11.5. The van der Waals surface area contributed by atoms with E-state index in [9.17, 15) is 4.79 Å². The summed E-state index contributed by atoms with van der Waals surface area (Å²) in [7, 11) is 0. The topological polar surface area (TPSA) is 41.1 Å². The molecule has 16 heavy (non-hydrogen) atoms. The standard InChI is InChI=1S/C13H28N2O/c1-4-14-11-13(16)15-10-8-6-5-7-9-12(2)3/h12,14H,4-11H2,1-3H3,(H,15,16). The first-order chi connectivity index (χ1) is 7.66. The Labute approximate surface area is 100 Å². The second-order valence-corrected chi connectivity index (χ2v) is 4.73. The lowest BCUT2D eigenvalue weighted by Crippen LogP contribution is -2.34. The summed E-state index contributed by atoms with van der Waals surface area (Å²) < 4.78 is 0. The van der Waals surface area contributed by atoms with Gasteiger partial charge in [0, 0.05) is 6.54 Å². The van der Waals surface area contributed by atoms with Crippen molar-refractivity contribution in [1.82, 2.24) is 10.6 Å².